The molecule has 170 valence electrons. The van der Waals surface area contributed by atoms with Crippen LogP contribution in [0.25, 0.3) is 21.9 Å². The monoisotopic (exact) mass is 472 g/mol. The fourth-order valence-corrected chi connectivity index (χ4v) is 3.78. The van der Waals surface area contributed by atoms with Crippen molar-refractivity contribution in [3.63, 3.8) is 0 Å². The number of aromatic hydroxyl groups is 2. The maximum absolute atomic E-state index is 13.0. The average molecular weight is 473 g/mol. The Labute approximate surface area is 190 Å². The highest BCUT2D eigenvalue weighted by atomic mass is 35.5. The average Bonchev–Trinajstić information content (AvgIpc) is 2.77. The molecular weight excluding hydrogens is 456 g/mol. The van der Waals surface area contributed by atoms with Crippen LogP contribution in [0, 0.1) is 6.92 Å². The smallest absolute Gasteiger partial charge is 0.344 e. The van der Waals surface area contributed by atoms with Crippen molar-refractivity contribution in [2.24, 2.45) is 0 Å². The fourth-order valence-electron chi connectivity index (χ4n) is 3.61. The summed E-state index contributed by atoms with van der Waals surface area (Å²) in [5, 5.41) is 31.2. The molecule has 33 heavy (non-hydrogen) atoms. The number of hydrogen-bond donors (Lipinski definition) is 3. The van der Waals surface area contributed by atoms with Crippen molar-refractivity contribution in [1.29, 1.82) is 0 Å². The van der Waals surface area contributed by atoms with Gasteiger partial charge in [0.05, 0.1) is 28.5 Å². The van der Waals surface area contributed by atoms with Crippen LogP contribution in [0.4, 0.5) is 0 Å². The summed E-state index contributed by atoms with van der Waals surface area (Å²) >= 11 is 5.99. The molecule has 4 aromatic rings. The summed E-state index contributed by atoms with van der Waals surface area (Å²) in [6, 6.07) is 8.75. The van der Waals surface area contributed by atoms with Gasteiger partial charge in [-0.3, -0.25) is 4.79 Å². The van der Waals surface area contributed by atoms with E-state index in [9.17, 15) is 24.6 Å². The van der Waals surface area contributed by atoms with E-state index in [2.05, 4.69) is 0 Å². The van der Waals surface area contributed by atoms with Crippen LogP contribution in [0.15, 0.2) is 54.8 Å². The van der Waals surface area contributed by atoms with E-state index in [0.29, 0.717) is 0 Å². The van der Waals surface area contributed by atoms with Crippen LogP contribution in [0.5, 0.6) is 11.5 Å². The van der Waals surface area contributed by atoms with Crippen LogP contribution in [0.1, 0.15) is 22.6 Å². The molecule has 0 aliphatic heterocycles. The Morgan fingerprint density at radius 3 is 2.09 bits per heavy atom. The van der Waals surface area contributed by atoms with Crippen LogP contribution in [0.3, 0.4) is 0 Å². The van der Waals surface area contributed by atoms with E-state index < -0.39 is 59.0 Å². The summed E-state index contributed by atoms with van der Waals surface area (Å²) in [5.74, 6) is -4.42. The number of ether oxygens (including phenoxy) is 1. The number of hydrogen-bond acceptors (Lipinski definition) is 9. The Balaban J connectivity index is 2.08. The second-order valence-corrected chi connectivity index (χ2v) is 7.70. The summed E-state index contributed by atoms with van der Waals surface area (Å²) in [4.78, 5) is 38.7. The standard InChI is InChI=1S/C23H17ClO9/c1-10-2-4-14-12(8-10)19(26)17(22(29)32-14)16(21(28)31-7-6-25)18-20(27)13-9-11(24)3-5-15(13)33-23(18)30/h2-5,8-9,16,25-27H,6-7H2,1H3. The van der Waals surface area contributed by atoms with Crippen molar-refractivity contribution in [1.82, 2.24) is 0 Å². The van der Waals surface area contributed by atoms with Crippen LogP contribution < -0.4 is 11.3 Å². The molecule has 0 radical (unpaired) electrons. The molecule has 9 nitrogen and oxygen atoms in total. The van der Waals surface area contributed by atoms with Gasteiger partial charge in [-0.15, -0.1) is 0 Å². The third-order valence-corrected chi connectivity index (χ3v) is 5.33. The zero-order valence-corrected chi connectivity index (χ0v) is 17.9. The molecule has 0 fully saturated rings. The molecule has 0 amide bonds. The van der Waals surface area contributed by atoms with E-state index in [0.717, 1.165) is 5.56 Å². The summed E-state index contributed by atoms with van der Waals surface area (Å²) < 4.78 is 15.4. The number of carbonyl (C=O) groups is 1. The largest absolute Gasteiger partial charge is 0.507 e. The van der Waals surface area contributed by atoms with Crippen LogP contribution in [-0.2, 0) is 9.53 Å². The zero-order valence-electron chi connectivity index (χ0n) is 17.1. The van der Waals surface area contributed by atoms with E-state index in [1.54, 1.807) is 13.0 Å². The minimum atomic E-state index is -1.92. The fraction of sp³-hybridized carbons (Fsp3) is 0.174. The molecule has 0 saturated carbocycles. The SMILES string of the molecule is Cc1ccc2oc(=O)c(C(C(=O)OCCO)c3c(O)c4cc(Cl)ccc4oc3=O)c(O)c2c1. The maximum atomic E-state index is 13.0. The zero-order chi connectivity index (χ0) is 23.9. The van der Waals surface area contributed by atoms with E-state index in [1.807, 2.05) is 0 Å². The second-order valence-electron chi connectivity index (χ2n) is 7.27. The Hall–Kier alpha value is -3.82. The van der Waals surface area contributed by atoms with Gasteiger partial charge in [-0.25, -0.2) is 9.59 Å². The highest BCUT2D eigenvalue weighted by molar-refractivity contribution is 6.31. The molecule has 2 heterocycles. The van der Waals surface area contributed by atoms with Crippen molar-refractivity contribution >= 4 is 39.5 Å². The van der Waals surface area contributed by atoms with Gasteiger partial charge in [-0.1, -0.05) is 23.2 Å². The lowest BCUT2D eigenvalue weighted by Gasteiger charge is -2.18. The predicted octanol–water partition coefficient (Wildman–Crippen LogP) is 2.94. The lowest BCUT2D eigenvalue weighted by Crippen LogP contribution is -2.28. The van der Waals surface area contributed by atoms with Gasteiger partial charge >= 0.3 is 17.2 Å². The maximum Gasteiger partial charge on any atom is 0.344 e. The van der Waals surface area contributed by atoms with Gasteiger partial charge in [0.15, 0.2) is 0 Å². The quantitative estimate of drug-likeness (QED) is 0.294. The third-order valence-electron chi connectivity index (χ3n) is 5.09. The van der Waals surface area contributed by atoms with Gasteiger partial charge in [0.25, 0.3) is 0 Å². The second kappa shape index (κ2) is 8.61. The van der Waals surface area contributed by atoms with Crippen molar-refractivity contribution < 1.29 is 33.7 Å². The van der Waals surface area contributed by atoms with Crippen molar-refractivity contribution in [3.05, 3.63) is 79.0 Å². The number of benzene rings is 2. The number of aliphatic hydroxyl groups is 1. The number of fused-ring (bicyclic) bond motifs is 2. The van der Waals surface area contributed by atoms with Gasteiger partial charge in [0, 0.05) is 5.02 Å². The van der Waals surface area contributed by atoms with Crippen molar-refractivity contribution in [2.75, 3.05) is 13.2 Å². The molecule has 0 spiro atoms. The Kier molecular flexibility index (Phi) is 5.84. The number of aryl methyl sites for hydroxylation is 1. The first kappa shape index (κ1) is 22.4. The lowest BCUT2D eigenvalue weighted by molar-refractivity contribution is -0.145. The van der Waals surface area contributed by atoms with Crippen LogP contribution >= 0.6 is 11.6 Å². The van der Waals surface area contributed by atoms with Gasteiger partial charge < -0.3 is 28.9 Å². The summed E-state index contributed by atoms with van der Waals surface area (Å²) in [5.41, 5.74) is -2.78. The molecule has 0 aliphatic rings. The molecule has 0 saturated heterocycles. The van der Waals surface area contributed by atoms with Crippen LogP contribution in [-0.4, -0.2) is 34.5 Å². The van der Waals surface area contributed by atoms with Gasteiger partial charge in [0.2, 0.25) is 0 Å². The molecule has 2 aromatic heterocycles. The summed E-state index contributed by atoms with van der Waals surface area (Å²) in [6.45, 7) is 0.744. The summed E-state index contributed by atoms with van der Waals surface area (Å²) in [6.07, 6.45) is 0. The first-order valence-electron chi connectivity index (χ1n) is 9.72. The topological polar surface area (TPSA) is 147 Å². The molecule has 1 unspecified atom stereocenters. The minimum Gasteiger partial charge on any atom is -0.507 e. The third kappa shape index (κ3) is 3.92. The number of aliphatic hydroxyl groups excluding tert-OH is 1. The predicted molar refractivity (Wildman–Crippen MR) is 118 cm³/mol. The van der Waals surface area contributed by atoms with Gasteiger partial charge in [-0.2, -0.15) is 0 Å². The molecule has 0 bridgehead atoms. The summed E-state index contributed by atoms with van der Waals surface area (Å²) in [7, 11) is 0. The Bertz CT molecular complexity index is 1410. The van der Waals surface area contributed by atoms with Crippen LogP contribution in [0.2, 0.25) is 5.02 Å². The number of esters is 1. The van der Waals surface area contributed by atoms with Gasteiger partial charge in [0.1, 0.15) is 35.2 Å². The van der Waals surface area contributed by atoms with Crippen molar-refractivity contribution in [2.45, 2.75) is 12.8 Å². The highest BCUT2D eigenvalue weighted by Crippen LogP contribution is 2.39. The van der Waals surface area contributed by atoms with E-state index in [1.165, 1.54) is 30.3 Å². The number of carbonyl (C=O) groups excluding carboxylic acids is 1. The van der Waals surface area contributed by atoms with E-state index in [4.69, 9.17) is 30.3 Å². The first-order valence-corrected chi connectivity index (χ1v) is 10.1. The molecule has 0 aliphatic carbocycles. The molecule has 2 aromatic carbocycles. The molecular formula is C23H17ClO9. The van der Waals surface area contributed by atoms with Crippen molar-refractivity contribution in [3.8, 4) is 11.5 Å². The van der Waals surface area contributed by atoms with E-state index >= 15 is 0 Å². The van der Waals surface area contributed by atoms with E-state index in [-0.39, 0.29) is 27.0 Å². The Morgan fingerprint density at radius 1 is 0.970 bits per heavy atom. The molecule has 10 heteroatoms. The number of halogens is 1. The lowest BCUT2D eigenvalue weighted by atomic mass is 9.90. The highest BCUT2D eigenvalue weighted by Gasteiger charge is 2.37. The molecule has 3 N–H and O–H groups in total. The molecule has 4 rings (SSSR count). The van der Waals surface area contributed by atoms with Gasteiger partial charge in [-0.05, 0) is 37.3 Å². The first-order chi connectivity index (χ1) is 15.7. The Morgan fingerprint density at radius 2 is 1.52 bits per heavy atom. The minimum absolute atomic E-state index is 0.00225. The normalized spacial score (nSPS) is 12.2. The number of rotatable bonds is 5. The molecule has 1 atom stereocenters.